The van der Waals surface area contributed by atoms with Crippen molar-refractivity contribution in [1.29, 1.82) is 0 Å². The van der Waals surface area contributed by atoms with Crippen LogP contribution in [0.15, 0.2) is 0 Å². The van der Waals surface area contributed by atoms with E-state index in [1.165, 1.54) is 6.92 Å². The van der Waals surface area contributed by atoms with Gasteiger partial charge in [-0.25, -0.2) is 0 Å². The van der Waals surface area contributed by atoms with Gasteiger partial charge in [-0.3, -0.25) is 4.79 Å². The van der Waals surface area contributed by atoms with Gasteiger partial charge in [0.05, 0.1) is 5.60 Å². The molecule has 4 aliphatic rings. The zero-order valence-corrected chi connectivity index (χ0v) is 18.9. The van der Waals surface area contributed by atoms with Crippen LogP contribution in [0, 0.1) is 16.7 Å². The van der Waals surface area contributed by atoms with Crippen molar-refractivity contribution in [2.75, 3.05) is 14.2 Å². The van der Waals surface area contributed by atoms with Gasteiger partial charge in [0.1, 0.15) is 11.7 Å². The SMILES string of the molecule is CO[C@@H]1CC2(CCC3(CCCC4C(C)(C)C(OC(C)=O)CCC43C)O2)[C@@H](OC)O1. The predicted octanol–water partition coefficient (Wildman–Crippen LogP) is 4.20. The molecule has 29 heavy (non-hydrogen) atoms. The molecule has 2 aliphatic carbocycles. The second-order valence-electron chi connectivity index (χ2n) is 10.6. The first-order chi connectivity index (χ1) is 13.6. The Hall–Kier alpha value is -0.690. The molecule has 0 N–H and O–H groups in total. The molecular formula is C23H38O6. The van der Waals surface area contributed by atoms with E-state index >= 15 is 0 Å². The molecule has 0 amide bonds. The number of methoxy groups -OCH3 is 2. The lowest BCUT2D eigenvalue weighted by Crippen LogP contribution is -2.63. The summed E-state index contributed by atoms with van der Waals surface area (Å²) < 4.78 is 30.1. The van der Waals surface area contributed by atoms with E-state index in [-0.39, 0.29) is 41.1 Å². The van der Waals surface area contributed by atoms with Gasteiger partial charge in [-0.15, -0.1) is 0 Å². The lowest BCUT2D eigenvalue weighted by atomic mass is 9.45. The molecule has 2 saturated carbocycles. The van der Waals surface area contributed by atoms with Gasteiger partial charge in [-0.05, 0) is 44.4 Å². The summed E-state index contributed by atoms with van der Waals surface area (Å²) in [6, 6.07) is 0. The van der Waals surface area contributed by atoms with Gasteiger partial charge in [0, 0.05) is 38.4 Å². The van der Waals surface area contributed by atoms with E-state index in [9.17, 15) is 4.79 Å². The lowest BCUT2D eigenvalue weighted by molar-refractivity contribution is -0.276. The number of ether oxygens (including phenoxy) is 5. The molecule has 0 bridgehead atoms. The van der Waals surface area contributed by atoms with E-state index < -0.39 is 5.60 Å². The maximum absolute atomic E-state index is 11.7. The Kier molecular flexibility index (Phi) is 5.33. The topological polar surface area (TPSA) is 63.2 Å². The number of hydrogen-bond acceptors (Lipinski definition) is 6. The van der Waals surface area contributed by atoms with E-state index in [2.05, 4.69) is 20.8 Å². The Morgan fingerprint density at radius 1 is 1.00 bits per heavy atom. The number of carbonyl (C=O) groups is 1. The highest BCUT2D eigenvalue weighted by Gasteiger charge is 2.69. The summed E-state index contributed by atoms with van der Waals surface area (Å²) in [5.74, 6) is 0.267. The van der Waals surface area contributed by atoms with Crippen molar-refractivity contribution >= 4 is 5.97 Å². The number of esters is 1. The summed E-state index contributed by atoms with van der Waals surface area (Å²) in [4.78, 5) is 11.7. The lowest BCUT2D eigenvalue weighted by Gasteiger charge is -2.63. The fourth-order valence-electron chi connectivity index (χ4n) is 7.44. The van der Waals surface area contributed by atoms with Gasteiger partial charge >= 0.3 is 5.97 Å². The minimum atomic E-state index is -0.433. The van der Waals surface area contributed by atoms with Crippen LogP contribution in [0.4, 0.5) is 0 Å². The van der Waals surface area contributed by atoms with Crippen molar-refractivity contribution in [2.24, 2.45) is 16.7 Å². The Bertz CT molecular complexity index is 649. The van der Waals surface area contributed by atoms with Crippen LogP contribution in [0.1, 0.15) is 79.1 Å². The number of rotatable bonds is 3. The minimum absolute atomic E-state index is 0.0250. The quantitative estimate of drug-likeness (QED) is 0.650. The first-order valence-electron chi connectivity index (χ1n) is 11.2. The first kappa shape index (κ1) is 21.5. The van der Waals surface area contributed by atoms with Crippen molar-refractivity contribution in [1.82, 2.24) is 0 Å². The minimum Gasteiger partial charge on any atom is -0.462 e. The molecule has 5 unspecified atom stereocenters. The van der Waals surface area contributed by atoms with E-state index in [0.717, 1.165) is 44.9 Å². The number of carbonyl (C=O) groups excluding carboxylic acids is 1. The van der Waals surface area contributed by atoms with Crippen LogP contribution in [0.25, 0.3) is 0 Å². The standard InChI is InChI=1S/C23H38O6/c1-15(24)27-17-9-11-21(4)16(20(17,2)3)8-7-10-23(21)13-12-22(29-23)14-18(25-5)28-19(22)26-6/h16-19H,7-14H2,1-6H3/t16?,17?,18-,19-,21?,22?,23?/m0/s1. The highest BCUT2D eigenvalue weighted by Crippen LogP contribution is 2.67. The molecule has 0 radical (unpaired) electrons. The first-order valence-corrected chi connectivity index (χ1v) is 11.2. The summed E-state index contributed by atoms with van der Waals surface area (Å²) in [6.45, 7) is 8.51. The number of hydrogen-bond donors (Lipinski definition) is 0. The molecule has 0 aromatic rings. The molecule has 6 nitrogen and oxygen atoms in total. The maximum atomic E-state index is 11.7. The van der Waals surface area contributed by atoms with Crippen molar-refractivity contribution in [3.8, 4) is 0 Å². The maximum Gasteiger partial charge on any atom is 0.302 e. The normalized spacial score (nSPS) is 48.8. The molecule has 2 saturated heterocycles. The molecule has 0 aromatic heterocycles. The van der Waals surface area contributed by atoms with Gasteiger partial charge in [-0.1, -0.05) is 27.2 Å². The van der Waals surface area contributed by atoms with Gasteiger partial charge < -0.3 is 23.7 Å². The third-order valence-corrected chi connectivity index (χ3v) is 8.89. The fraction of sp³-hybridized carbons (Fsp3) is 0.957. The summed E-state index contributed by atoms with van der Waals surface area (Å²) in [7, 11) is 3.37. The van der Waals surface area contributed by atoms with Crippen molar-refractivity contribution in [3.05, 3.63) is 0 Å². The molecule has 166 valence electrons. The molecule has 4 rings (SSSR count). The highest BCUT2D eigenvalue weighted by molar-refractivity contribution is 5.66. The molecule has 2 spiro atoms. The molecule has 6 heteroatoms. The van der Waals surface area contributed by atoms with E-state index in [4.69, 9.17) is 23.7 Å². The molecule has 0 aromatic carbocycles. The largest absolute Gasteiger partial charge is 0.462 e. The Labute approximate surface area is 174 Å². The van der Waals surface area contributed by atoms with E-state index in [0.29, 0.717) is 12.3 Å². The van der Waals surface area contributed by atoms with Crippen LogP contribution in [0.2, 0.25) is 0 Å². The summed E-state index contributed by atoms with van der Waals surface area (Å²) >= 11 is 0. The van der Waals surface area contributed by atoms with Crippen molar-refractivity contribution in [2.45, 2.75) is 109 Å². The van der Waals surface area contributed by atoms with Crippen LogP contribution >= 0.6 is 0 Å². The summed E-state index contributed by atoms with van der Waals surface area (Å²) in [5, 5.41) is 0. The average molecular weight is 411 g/mol. The van der Waals surface area contributed by atoms with Gasteiger partial charge in [0.25, 0.3) is 0 Å². The zero-order chi connectivity index (χ0) is 21.1. The molecular weight excluding hydrogens is 372 g/mol. The van der Waals surface area contributed by atoms with Gasteiger partial charge in [0.15, 0.2) is 12.6 Å². The molecule has 2 heterocycles. The van der Waals surface area contributed by atoms with Gasteiger partial charge in [0.2, 0.25) is 0 Å². The highest BCUT2D eigenvalue weighted by atomic mass is 16.8. The third-order valence-electron chi connectivity index (χ3n) is 8.89. The van der Waals surface area contributed by atoms with E-state index in [1.54, 1.807) is 14.2 Å². The molecule has 7 atom stereocenters. The third kappa shape index (κ3) is 3.08. The molecule has 4 fully saturated rings. The summed E-state index contributed by atoms with van der Waals surface area (Å²) in [5.41, 5.74) is -0.653. The van der Waals surface area contributed by atoms with Crippen LogP contribution in [-0.4, -0.2) is 50.1 Å². The van der Waals surface area contributed by atoms with E-state index in [1.807, 2.05) is 0 Å². The second kappa shape index (κ2) is 7.18. The van der Waals surface area contributed by atoms with Crippen LogP contribution < -0.4 is 0 Å². The smallest absolute Gasteiger partial charge is 0.302 e. The number of fused-ring (bicyclic) bond motifs is 2. The fourth-order valence-corrected chi connectivity index (χ4v) is 7.44. The van der Waals surface area contributed by atoms with Crippen LogP contribution in [0.3, 0.4) is 0 Å². The zero-order valence-electron chi connectivity index (χ0n) is 18.9. The van der Waals surface area contributed by atoms with Gasteiger partial charge in [-0.2, -0.15) is 0 Å². The average Bonchev–Trinajstić information content (AvgIpc) is 3.21. The van der Waals surface area contributed by atoms with Crippen molar-refractivity contribution < 1.29 is 28.5 Å². The monoisotopic (exact) mass is 410 g/mol. The van der Waals surface area contributed by atoms with Crippen LogP contribution in [-0.2, 0) is 28.5 Å². The summed E-state index contributed by atoms with van der Waals surface area (Å²) in [6.07, 6.45) is 7.25. The predicted molar refractivity (Wildman–Crippen MR) is 107 cm³/mol. The Morgan fingerprint density at radius 3 is 2.41 bits per heavy atom. The van der Waals surface area contributed by atoms with Crippen molar-refractivity contribution in [3.63, 3.8) is 0 Å². The van der Waals surface area contributed by atoms with Crippen LogP contribution in [0.5, 0.6) is 0 Å². The Balaban J connectivity index is 1.64. The second-order valence-corrected chi connectivity index (χ2v) is 10.6. The Morgan fingerprint density at radius 2 is 1.76 bits per heavy atom. The molecule has 2 aliphatic heterocycles.